The molecule has 100 valence electrons. The van der Waals surface area contributed by atoms with Crippen molar-refractivity contribution in [3.05, 3.63) is 42.1 Å². The molecule has 1 aromatic heterocycles. The van der Waals surface area contributed by atoms with Crippen LogP contribution in [0, 0.1) is 5.82 Å². The smallest absolute Gasteiger partial charge is 0.132 e. The van der Waals surface area contributed by atoms with Crippen molar-refractivity contribution in [2.45, 2.75) is 37.6 Å². The third kappa shape index (κ3) is 2.54. The van der Waals surface area contributed by atoms with Crippen molar-refractivity contribution in [3.63, 3.8) is 0 Å². The molecule has 1 aromatic carbocycles. The fraction of sp³-hybridized carbons (Fsp3) is 0.400. The summed E-state index contributed by atoms with van der Waals surface area (Å²) in [4.78, 5) is 7.67. The molecule has 0 bridgehead atoms. The van der Waals surface area contributed by atoms with Gasteiger partial charge in [0.15, 0.2) is 0 Å². The summed E-state index contributed by atoms with van der Waals surface area (Å²) in [6.45, 7) is 0. The van der Waals surface area contributed by atoms with Crippen molar-refractivity contribution in [3.8, 4) is 11.3 Å². The first-order chi connectivity index (χ1) is 9.24. The van der Waals surface area contributed by atoms with E-state index in [1.807, 2.05) is 6.07 Å². The van der Waals surface area contributed by atoms with E-state index in [1.165, 1.54) is 6.07 Å². The monoisotopic (exact) mass is 259 g/mol. The minimum atomic E-state index is -0.224. The van der Waals surface area contributed by atoms with Crippen LogP contribution in [-0.2, 0) is 0 Å². The Hall–Kier alpha value is -1.68. The Balaban J connectivity index is 1.85. The lowest BCUT2D eigenvalue weighted by Gasteiger charge is -2.24. The number of hydrogen-bond donors (Lipinski definition) is 2. The van der Waals surface area contributed by atoms with Crippen LogP contribution >= 0.6 is 0 Å². The highest BCUT2D eigenvalue weighted by molar-refractivity contribution is 5.59. The molecule has 0 radical (unpaired) electrons. The summed E-state index contributed by atoms with van der Waals surface area (Å²) in [5.41, 5.74) is 7.32. The Morgan fingerprint density at radius 2 is 2.11 bits per heavy atom. The molecule has 4 heteroatoms. The second-order valence-corrected chi connectivity index (χ2v) is 5.29. The summed E-state index contributed by atoms with van der Waals surface area (Å²) in [5.74, 6) is 1.09. The van der Waals surface area contributed by atoms with Crippen LogP contribution < -0.4 is 5.73 Å². The Morgan fingerprint density at radius 1 is 1.26 bits per heavy atom. The number of halogens is 1. The highest BCUT2D eigenvalue weighted by Gasteiger charge is 2.23. The summed E-state index contributed by atoms with van der Waals surface area (Å²) in [7, 11) is 0. The zero-order valence-corrected chi connectivity index (χ0v) is 10.8. The van der Waals surface area contributed by atoms with Crippen molar-refractivity contribution in [2.24, 2.45) is 5.73 Å². The van der Waals surface area contributed by atoms with Gasteiger partial charge in [0.2, 0.25) is 0 Å². The fourth-order valence-electron chi connectivity index (χ4n) is 2.84. The normalized spacial score (nSPS) is 23.5. The zero-order valence-electron chi connectivity index (χ0n) is 10.8. The van der Waals surface area contributed by atoms with Crippen molar-refractivity contribution in [2.75, 3.05) is 0 Å². The number of H-pyrrole nitrogens is 1. The van der Waals surface area contributed by atoms with Gasteiger partial charge in [-0.25, -0.2) is 9.37 Å². The Kier molecular flexibility index (Phi) is 3.34. The molecule has 0 amide bonds. The van der Waals surface area contributed by atoms with Gasteiger partial charge in [-0.05, 0) is 31.4 Å². The van der Waals surface area contributed by atoms with Gasteiger partial charge in [0, 0.05) is 17.5 Å². The van der Waals surface area contributed by atoms with Crippen molar-refractivity contribution >= 4 is 0 Å². The molecular formula is C15H18FN3. The van der Waals surface area contributed by atoms with E-state index in [1.54, 1.807) is 18.3 Å². The van der Waals surface area contributed by atoms with Crippen LogP contribution in [0.2, 0.25) is 0 Å². The number of nitrogens with one attached hydrogen (secondary N) is 1. The van der Waals surface area contributed by atoms with Gasteiger partial charge in [-0.15, -0.1) is 0 Å². The van der Waals surface area contributed by atoms with Crippen LogP contribution in [0.5, 0.6) is 0 Å². The fourth-order valence-corrected chi connectivity index (χ4v) is 2.84. The van der Waals surface area contributed by atoms with E-state index < -0.39 is 0 Å². The van der Waals surface area contributed by atoms with Crippen LogP contribution in [0.3, 0.4) is 0 Å². The zero-order chi connectivity index (χ0) is 13.2. The first-order valence-corrected chi connectivity index (χ1v) is 6.79. The number of nitrogens with zero attached hydrogens (tertiary/aromatic N) is 1. The summed E-state index contributed by atoms with van der Waals surface area (Å²) < 4.78 is 13.7. The number of aromatic amines is 1. The number of hydrogen-bond acceptors (Lipinski definition) is 2. The van der Waals surface area contributed by atoms with Crippen molar-refractivity contribution in [1.29, 1.82) is 0 Å². The van der Waals surface area contributed by atoms with E-state index in [0.717, 1.165) is 37.2 Å². The molecule has 2 unspecified atom stereocenters. The minimum absolute atomic E-state index is 0.224. The summed E-state index contributed by atoms with van der Waals surface area (Å²) >= 11 is 0. The molecule has 1 heterocycles. The molecule has 0 saturated heterocycles. The average Bonchev–Trinajstić information content (AvgIpc) is 2.89. The second-order valence-electron chi connectivity index (χ2n) is 5.29. The van der Waals surface area contributed by atoms with Gasteiger partial charge < -0.3 is 10.7 Å². The lowest BCUT2D eigenvalue weighted by atomic mass is 9.86. The topological polar surface area (TPSA) is 54.7 Å². The van der Waals surface area contributed by atoms with Crippen LogP contribution in [0.1, 0.15) is 37.4 Å². The van der Waals surface area contributed by atoms with E-state index in [9.17, 15) is 4.39 Å². The van der Waals surface area contributed by atoms with E-state index in [0.29, 0.717) is 11.5 Å². The SMILES string of the molecule is NC1CCCC(c2ncc(-c3ccccc3F)[nH]2)C1. The molecule has 1 saturated carbocycles. The number of benzene rings is 1. The van der Waals surface area contributed by atoms with E-state index in [4.69, 9.17) is 5.73 Å². The Bertz CT molecular complexity index is 564. The number of rotatable bonds is 2. The quantitative estimate of drug-likeness (QED) is 0.870. The van der Waals surface area contributed by atoms with Gasteiger partial charge >= 0.3 is 0 Å². The number of aromatic nitrogens is 2. The Morgan fingerprint density at radius 3 is 2.89 bits per heavy atom. The predicted molar refractivity (Wildman–Crippen MR) is 73.2 cm³/mol. The first kappa shape index (κ1) is 12.4. The first-order valence-electron chi connectivity index (χ1n) is 6.79. The molecule has 19 heavy (non-hydrogen) atoms. The predicted octanol–water partition coefficient (Wildman–Crippen LogP) is 3.20. The van der Waals surface area contributed by atoms with Gasteiger partial charge in [0.05, 0.1) is 11.9 Å². The summed E-state index contributed by atoms with van der Waals surface area (Å²) in [6.07, 6.45) is 6.02. The molecule has 3 N–H and O–H groups in total. The molecule has 0 spiro atoms. The molecule has 3 nitrogen and oxygen atoms in total. The molecule has 0 aliphatic heterocycles. The number of nitrogens with two attached hydrogens (primary N) is 1. The number of imidazole rings is 1. The van der Waals surface area contributed by atoms with Crippen molar-refractivity contribution in [1.82, 2.24) is 9.97 Å². The van der Waals surface area contributed by atoms with Crippen molar-refractivity contribution < 1.29 is 4.39 Å². The summed E-state index contributed by atoms with van der Waals surface area (Å²) in [5, 5.41) is 0. The van der Waals surface area contributed by atoms with E-state index in [-0.39, 0.29) is 11.9 Å². The highest BCUT2D eigenvalue weighted by Crippen LogP contribution is 2.31. The molecular weight excluding hydrogens is 241 g/mol. The molecule has 1 aliphatic rings. The Labute approximate surface area is 112 Å². The van der Waals surface area contributed by atoms with Gasteiger partial charge in [-0.3, -0.25) is 0 Å². The lowest BCUT2D eigenvalue weighted by molar-refractivity contribution is 0.383. The van der Waals surface area contributed by atoms with Gasteiger partial charge in [0.1, 0.15) is 11.6 Å². The van der Waals surface area contributed by atoms with Gasteiger partial charge in [0.25, 0.3) is 0 Å². The largest absolute Gasteiger partial charge is 0.342 e. The summed E-state index contributed by atoms with van der Waals surface area (Å²) in [6, 6.07) is 7.01. The van der Waals surface area contributed by atoms with Crippen LogP contribution in [-0.4, -0.2) is 16.0 Å². The molecule has 1 fully saturated rings. The lowest BCUT2D eigenvalue weighted by Crippen LogP contribution is -2.27. The van der Waals surface area contributed by atoms with Gasteiger partial charge in [-0.1, -0.05) is 18.6 Å². The van der Waals surface area contributed by atoms with Crippen LogP contribution in [0.4, 0.5) is 4.39 Å². The second kappa shape index (κ2) is 5.13. The maximum Gasteiger partial charge on any atom is 0.132 e. The minimum Gasteiger partial charge on any atom is -0.342 e. The third-order valence-electron chi connectivity index (χ3n) is 3.86. The van der Waals surface area contributed by atoms with Crippen LogP contribution in [0.15, 0.2) is 30.5 Å². The highest BCUT2D eigenvalue weighted by atomic mass is 19.1. The van der Waals surface area contributed by atoms with E-state index >= 15 is 0 Å². The molecule has 3 rings (SSSR count). The molecule has 2 atom stereocenters. The maximum atomic E-state index is 13.7. The van der Waals surface area contributed by atoms with E-state index in [2.05, 4.69) is 9.97 Å². The van der Waals surface area contributed by atoms with Crippen LogP contribution in [0.25, 0.3) is 11.3 Å². The standard InChI is InChI=1S/C15H18FN3/c16-13-7-2-1-6-12(13)14-9-18-15(19-14)10-4-3-5-11(17)8-10/h1-2,6-7,9-11H,3-5,8,17H2,(H,18,19). The van der Waals surface area contributed by atoms with Gasteiger partial charge in [-0.2, -0.15) is 0 Å². The maximum absolute atomic E-state index is 13.7. The molecule has 1 aliphatic carbocycles. The average molecular weight is 259 g/mol. The molecule has 2 aromatic rings. The third-order valence-corrected chi connectivity index (χ3v) is 3.86.